The lowest BCUT2D eigenvalue weighted by molar-refractivity contribution is 0.403. The average molecular weight is 185 g/mol. The maximum absolute atomic E-state index is 11.8. The molecule has 0 saturated heterocycles. The first-order valence-electron chi connectivity index (χ1n) is 3.63. The number of rotatable bonds is 3. The summed E-state index contributed by atoms with van der Waals surface area (Å²) in [5.74, 6) is 0. The predicted molar refractivity (Wildman–Crippen MR) is 49.7 cm³/mol. The van der Waals surface area contributed by atoms with Crippen LogP contribution < -0.4 is 11.0 Å². The van der Waals surface area contributed by atoms with Crippen LogP contribution in [0.4, 0.5) is 0 Å². The Bertz CT molecular complexity index is 278. The summed E-state index contributed by atoms with van der Waals surface area (Å²) in [6.45, 7) is 0. The van der Waals surface area contributed by atoms with Gasteiger partial charge in [-0.2, -0.15) is 0 Å². The van der Waals surface area contributed by atoms with E-state index >= 15 is 0 Å². The van der Waals surface area contributed by atoms with Crippen LogP contribution in [0, 0.1) is 0 Å². The van der Waals surface area contributed by atoms with Gasteiger partial charge in [0.2, 0.25) is 7.37 Å². The van der Waals surface area contributed by atoms with Crippen molar-refractivity contribution in [3.8, 4) is 0 Å². The van der Waals surface area contributed by atoms with Crippen LogP contribution in [0.5, 0.6) is 0 Å². The van der Waals surface area contributed by atoms with E-state index in [1.807, 2.05) is 18.2 Å². The van der Waals surface area contributed by atoms with Gasteiger partial charge in [0.05, 0.1) is 6.29 Å². The van der Waals surface area contributed by atoms with E-state index in [1.54, 1.807) is 12.1 Å². The molecule has 0 radical (unpaired) electrons. The molecule has 12 heavy (non-hydrogen) atoms. The van der Waals surface area contributed by atoms with Crippen molar-refractivity contribution in [3.63, 3.8) is 0 Å². The van der Waals surface area contributed by atoms with Gasteiger partial charge in [0, 0.05) is 12.4 Å². The molecule has 3 nitrogen and oxygen atoms in total. The first-order valence-corrected chi connectivity index (χ1v) is 5.44. The maximum Gasteiger partial charge on any atom is 0.244 e. The monoisotopic (exact) mass is 185 g/mol. The van der Waals surface area contributed by atoms with Gasteiger partial charge in [-0.3, -0.25) is 4.57 Å². The second-order valence-corrected chi connectivity index (χ2v) is 4.97. The average Bonchev–Trinajstić information content (AvgIpc) is 2.18. The molecular weight excluding hydrogens is 173 g/mol. The van der Waals surface area contributed by atoms with Crippen LogP contribution in [0.15, 0.2) is 30.3 Å². The van der Waals surface area contributed by atoms with Crippen molar-refractivity contribution >= 4 is 12.7 Å². The molecule has 0 amide bonds. The van der Waals surface area contributed by atoms with Crippen molar-refractivity contribution < 1.29 is 9.09 Å². The van der Waals surface area contributed by atoms with Crippen molar-refractivity contribution in [2.45, 2.75) is 0 Å². The van der Waals surface area contributed by atoms with Crippen LogP contribution in [0.2, 0.25) is 0 Å². The molecule has 0 heterocycles. The van der Waals surface area contributed by atoms with Crippen molar-refractivity contribution in [1.29, 1.82) is 0 Å². The van der Waals surface area contributed by atoms with Crippen molar-refractivity contribution in [2.24, 2.45) is 5.73 Å². The molecule has 4 heteroatoms. The zero-order chi connectivity index (χ0) is 9.03. The minimum atomic E-state index is -2.76. The number of hydrogen-bond acceptors (Lipinski definition) is 3. The summed E-state index contributed by atoms with van der Waals surface area (Å²) < 4.78 is 16.7. The van der Waals surface area contributed by atoms with Crippen LogP contribution in [-0.2, 0) is 9.09 Å². The molecule has 1 aromatic carbocycles. The van der Waals surface area contributed by atoms with Crippen LogP contribution in [0.1, 0.15) is 0 Å². The molecule has 0 fully saturated rings. The largest absolute Gasteiger partial charge is 0.328 e. The van der Waals surface area contributed by atoms with Gasteiger partial charge in [-0.05, 0) is 12.1 Å². The highest BCUT2D eigenvalue weighted by atomic mass is 31.2. The normalized spacial score (nSPS) is 15.5. The van der Waals surface area contributed by atoms with Gasteiger partial charge in [-0.1, -0.05) is 18.2 Å². The summed E-state index contributed by atoms with van der Waals surface area (Å²) in [5.41, 5.74) is 5.36. The SMILES string of the molecule is COP(=O)(CN)c1ccccc1. The highest BCUT2D eigenvalue weighted by Gasteiger charge is 2.21. The second-order valence-electron chi connectivity index (χ2n) is 2.37. The Labute approximate surface area is 72.0 Å². The van der Waals surface area contributed by atoms with Gasteiger partial charge >= 0.3 is 0 Å². The lowest BCUT2D eigenvalue weighted by Crippen LogP contribution is -2.13. The highest BCUT2D eigenvalue weighted by molar-refractivity contribution is 7.66. The minimum absolute atomic E-state index is 0.0491. The molecule has 0 aromatic heterocycles. The molecule has 1 aromatic rings. The fourth-order valence-electron chi connectivity index (χ4n) is 0.940. The van der Waals surface area contributed by atoms with E-state index in [9.17, 15) is 4.57 Å². The quantitative estimate of drug-likeness (QED) is 0.718. The van der Waals surface area contributed by atoms with E-state index < -0.39 is 7.37 Å². The molecule has 0 spiro atoms. The zero-order valence-corrected chi connectivity index (χ0v) is 7.83. The molecule has 0 saturated carbocycles. The molecule has 66 valence electrons. The van der Waals surface area contributed by atoms with Crippen LogP contribution in [-0.4, -0.2) is 13.4 Å². The number of nitrogens with two attached hydrogens (primary N) is 1. The third-order valence-corrected chi connectivity index (χ3v) is 3.84. The highest BCUT2D eigenvalue weighted by Crippen LogP contribution is 2.42. The van der Waals surface area contributed by atoms with Gasteiger partial charge in [-0.25, -0.2) is 0 Å². The summed E-state index contributed by atoms with van der Waals surface area (Å²) in [4.78, 5) is 0. The summed E-state index contributed by atoms with van der Waals surface area (Å²) in [7, 11) is -1.34. The van der Waals surface area contributed by atoms with Gasteiger partial charge < -0.3 is 10.3 Å². The van der Waals surface area contributed by atoms with E-state index in [0.717, 1.165) is 0 Å². The zero-order valence-electron chi connectivity index (χ0n) is 6.93. The molecular formula is C8H12NO2P. The van der Waals surface area contributed by atoms with Crippen LogP contribution in [0.25, 0.3) is 0 Å². The second kappa shape index (κ2) is 3.85. The van der Waals surface area contributed by atoms with Gasteiger partial charge in [0.15, 0.2) is 0 Å². The summed E-state index contributed by atoms with van der Waals surface area (Å²) in [6, 6.07) is 9.02. The van der Waals surface area contributed by atoms with Crippen LogP contribution >= 0.6 is 7.37 Å². The fourth-order valence-corrected chi connectivity index (χ4v) is 2.14. The van der Waals surface area contributed by atoms with Crippen molar-refractivity contribution in [1.82, 2.24) is 0 Å². The molecule has 0 aliphatic carbocycles. The molecule has 1 atom stereocenters. The van der Waals surface area contributed by atoms with Gasteiger partial charge in [0.25, 0.3) is 0 Å². The first-order chi connectivity index (χ1) is 5.73. The third-order valence-electron chi connectivity index (χ3n) is 1.68. The van der Waals surface area contributed by atoms with Crippen molar-refractivity contribution in [2.75, 3.05) is 13.4 Å². The molecule has 0 aliphatic rings. The smallest absolute Gasteiger partial charge is 0.244 e. The summed E-state index contributed by atoms with van der Waals surface area (Å²) in [5, 5.41) is 0.676. The Hall–Kier alpha value is -0.630. The van der Waals surface area contributed by atoms with E-state index in [1.165, 1.54) is 7.11 Å². The summed E-state index contributed by atoms with van der Waals surface area (Å²) >= 11 is 0. The van der Waals surface area contributed by atoms with E-state index in [-0.39, 0.29) is 6.29 Å². The van der Waals surface area contributed by atoms with E-state index in [2.05, 4.69) is 0 Å². The minimum Gasteiger partial charge on any atom is -0.328 e. The summed E-state index contributed by atoms with van der Waals surface area (Å²) in [6.07, 6.45) is 0.0491. The fraction of sp³-hybridized carbons (Fsp3) is 0.250. The maximum atomic E-state index is 11.8. The van der Waals surface area contributed by atoms with Crippen molar-refractivity contribution in [3.05, 3.63) is 30.3 Å². The third kappa shape index (κ3) is 1.75. The lowest BCUT2D eigenvalue weighted by Gasteiger charge is -2.13. The predicted octanol–water partition coefficient (Wildman–Crippen LogP) is 1.15. The Morgan fingerprint density at radius 2 is 2.00 bits per heavy atom. The van der Waals surface area contributed by atoms with Crippen LogP contribution in [0.3, 0.4) is 0 Å². The van der Waals surface area contributed by atoms with Gasteiger partial charge in [-0.15, -0.1) is 0 Å². The Morgan fingerprint density at radius 1 is 1.42 bits per heavy atom. The molecule has 0 aliphatic heterocycles. The van der Waals surface area contributed by atoms with Gasteiger partial charge in [0.1, 0.15) is 0 Å². The Kier molecular flexibility index (Phi) is 3.04. The molecule has 1 unspecified atom stereocenters. The number of benzene rings is 1. The Balaban J connectivity index is 3.04. The number of hydrogen-bond donors (Lipinski definition) is 1. The first kappa shape index (κ1) is 9.46. The molecule has 1 rings (SSSR count). The standard InChI is InChI=1S/C8H12NO2P/c1-11-12(10,7-9)8-5-3-2-4-6-8/h2-6H,7,9H2,1H3. The molecule has 0 bridgehead atoms. The topological polar surface area (TPSA) is 52.3 Å². The lowest BCUT2D eigenvalue weighted by atomic mass is 10.4. The van der Waals surface area contributed by atoms with E-state index in [4.69, 9.17) is 10.3 Å². The van der Waals surface area contributed by atoms with E-state index in [0.29, 0.717) is 5.30 Å². The molecule has 2 N–H and O–H groups in total. The Morgan fingerprint density at radius 3 is 2.42 bits per heavy atom.